The Morgan fingerprint density at radius 1 is 1.32 bits per heavy atom. The van der Waals surface area contributed by atoms with Crippen LogP contribution >= 0.6 is 0 Å². The number of hydrogen-bond donors (Lipinski definition) is 1. The van der Waals surface area contributed by atoms with E-state index in [1.54, 1.807) is 7.11 Å². The van der Waals surface area contributed by atoms with Gasteiger partial charge in [-0.05, 0) is 38.6 Å². The molecule has 0 amide bonds. The van der Waals surface area contributed by atoms with E-state index < -0.39 is 0 Å². The first kappa shape index (κ1) is 16.9. The van der Waals surface area contributed by atoms with Gasteiger partial charge in [0.05, 0.1) is 6.61 Å². The van der Waals surface area contributed by atoms with Crippen molar-refractivity contribution in [1.82, 2.24) is 4.90 Å². The number of rotatable bonds is 7. The van der Waals surface area contributed by atoms with Crippen molar-refractivity contribution in [3.8, 4) is 0 Å². The molecule has 1 saturated carbocycles. The topological polar surface area (TPSA) is 38.5 Å². The van der Waals surface area contributed by atoms with Gasteiger partial charge >= 0.3 is 0 Å². The fraction of sp³-hybridized carbons (Fsp3) is 1.00. The lowest BCUT2D eigenvalue weighted by atomic mass is 9.86. The van der Waals surface area contributed by atoms with Gasteiger partial charge in [0.2, 0.25) is 0 Å². The molecule has 0 aromatic rings. The fourth-order valence-corrected chi connectivity index (χ4v) is 3.92. The zero-order valence-electron chi connectivity index (χ0n) is 13.5. The van der Waals surface area contributed by atoms with E-state index in [0.29, 0.717) is 6.04 Å². The average Bonchev–Trinajstić information content (AvgIpc) is 2.63. The summed E-state index contributed by atoms with van der Waals surface area (Å²) in [4.78, 5) is 2.61. The lowest BCUT2D eigenvalue weighted by molar-refractivity contribution is 0.0105. The van der Waals surface area contributed by atoms with Crippen molar-refractivity contribution >= 4 is 0 Å². The van der Waals surface area contributed by atoms with E-state index in [9.17, 15) is 0 Å². The van der Waals surface area contributed by atoms with E-state index in [1.165, 1.54) is 38.5 Å². The largest absolute Gasteiger partial charge is 0.383 e. The third-order valence-electron chi connectivity index (χ3n) is 5.12. The van der Waals surface area contributed by atoms with Gasteiger partial charge in [-0.1, -0.05) is 33.1 Å². The number of nitrogens with two attached hydrogens (primary N) is 1. The van der Waals surface area contributed by atoms with Crippen molar-refractivity contribution in [2.24, 2.45) is 11.7 Å². The van der Waals surface area contributed by atoms with E-state index in [-0.39, 0.29) is 5.54 Å². The van der Waals surface area contributed by atoms with Crippen LogP contribution in [0.2, 0.25) is 0 Å². The molecule has 0 heterocycles. The molecule has 0 saturated heterocycles. The Balaban J connectivity index is 2.81. The van der Waals surface area contributed by atoms with Crippen molar-refractivity contribution in [3.05, 3.63) is 0 Å². The molecule has 1 rings (SSSR count). The van der Waals surface area contributed by atoms with E-state index in [2.05, 4.69) is 25.7 Å². The molecule has 0 bridgehead atoms. The third-order valence-corrected chi connectivity index (χ3v) is 5.12. The van der Waals surface area contributed by atoms with Crippen LogP contribution in [-0.2, 0) is 4.74 Å². The second-order valence-electron chi connectivity index (χ2n) is 6.22. The second kappa shape index (κ2) is 8.23. The third kappa shape index (κ3) is 4.17. The number of ether oxygens (including phenoxy) is 1. The minimum absolute atomic E-state index is 0.205. The highest BCUT2D eigenvalue weighted by Gasteiger charge is 2.38. The summed E-state index contributed by atoms with van der Waals surface area (Å²) in [5.74, 6) is 0.907. The van der Waals surface area contributed by atoms with Gasteiger partial charge in [0.15, 0.2) is 0 Å². The first-order chi connectivity index (χ1) is 9.13. The first-order valence-electron chi connectivity index (χ1n) is 8.09. The monoisotopic (exact) mass is 270 g/mol. The van der Waals surface area contributed by atoms with Gasteiger partial charge < -0.3 is 10.5 Å². The molecular formula is C16H34N2O. The maximum Gasteiger partial charge on any atom is 0.0615 e. The number of nitrogens with zero attached hydrogens (tertiary/aromatic N) is 1. The van der Waals surface area contributed by atoms with Gasteiger partial charge in [0.25, 0.3) is 0 Å². The molecule has 19 heavy (non-hydrogen) atoms. The van der Waals surface area contributed by atoms with Gasteiger partial charge in [0.1, 0.15) is 0 Å². The highest BCUT2D eigenvalue weighted by molar-refractivity contribution is 4.95. The number of methoxy groups -OCH3 is 1. The molecule has 3 heteroatoms. The van der Waals surface area contributed by atoms with Crippen LogP contribution in [0.5, 0.6) is 0 Å². The SMILES string of the molecule is CCC1CCCC(CN)(N(CC)C(C)COC)CC1. The quantitative estimate of drug-likeness (QED) is 0.723. The molecule has 1 aliphatic carbocycles. The van der Waals surface area contributed by atoms with Gasteiger partial charge in [-0.3, -0.25) is 4.90 Å². The highest BCUT2D eigenvalue weighted by Crippen LogP contribution is 2.36. The molecule has 3 nitrogen and oxygen atoms in total. The molecule has 2 N–H and O–H groups in total. The van der Waals surface area contributed by atoms with Crippen LogP contribution in [0.3, 0.4) is 0 Å². The average molecular weight is 270 g/mol. The summed E-state index contributed by atoms with van der Waals surface area (Å²) in [6.07, 6.45) is 7.87. The molecule has 1 aliphatic rings. The predicted octanol–water partition coefficient (Wildman–Crippen LogP) is 3.03. The lowest BCUT2D eigenvalue weighted by Gasteiger charge is -2.46. The molecule has 3 atom stereocenters. The van der Waals surface area contributed by atoms with Gasteiger partial charge in [0, 0.05) is 25.2 Å². The second-order valence-corrected chi connectivity index (χ2v) is 6.22. The minimum Gasteiger partial charge on any atom is -0.383 e. The smallest absolute Gasteiger partial charge is 0.0615 e. The molecule has 3 unspecified atom stereocenters. The zero-order chi connectivity index (χ0) is 14.3. The fourth-order valence-electron chi connectivity index (χ4n) is 3.92. The van der Waals surface area contributed by atoms with Gasteiger partial charge in [-0.25, -0.2) is 0 Å². The summed E-state index contributed by atoms with van der Waals surface area (Å²) >= 11 is 0. The Morgan fingerprint density at radius 2 is 2.05 bits per heavy atom. The van der Waals surface area contributed by atoms with Crippen molar-refractivity contribution in [1.29, 1.82) is 0 Å². The summed E-state index contributed by atoms with van der Waals surface area (Å²) in [5, 5.41) is 0. The summed E-state index contributed by atoms with van der Waals surface area (Å²) in [6.45, 7) is 9.50. The normalized spacial score (nSPS) is 30.3. The molecular weight excluding hydrogens is 236 g/mol. The molecule has 1 fully saturated rings. The molecule has 0 aliphatic heterocycles. The molecule has 0 radical (unpaired) electrons. The van der Waals surface area contributed by atoms with E-state index in [4.69, 9.17) is 10.5 Å². The molecule has 114 valence electrons. The number of likely N-dealkylation sites (N-methyl/N-ethyl adjacent to an activating group) is 1. The maximum absolute atomic E-state index is 6.22. The molecule has 0 spiro atoms. The van der Waals surface area contributed by atoms with Crippen LogP contribution in [0, 0.1) is 5.92 Å². The van der Waals surface area contributed by atoms with E-state index in [1.807, 2.05) is 0 Å². The van der Waals surface area contributed by atoms with Crippen LogP contribution in [0.4, 0.5) is 0 Å². The van der Waals surface area contributed by atoms with E-state index in [0.717, 1.165) is 25.6 Å². The first-order valence-corrected chi connectivity index (χ1v) is 8.09. The lowest BCUT2D eigenvalue weighted by Crippen LogP contribution is -2.57. The van der Waals surface area contributed by atoms with Crippen molar-refractivity contribution < 1.29 is 4.74 Å². The van der Waals surface area contributed by atoms with Crippen molar-refractivity contribution in [3.63, 3.8) is 0 Å². The predicted molar refractivity (Wildman–Crippen MR) is 82.4 cm³/mol. The van der Waals surface area contributed by atoms with Crippen LogP contribution in [0.15, 0.2) is 0 Å². The maximum atomic E-state index is 6.22. The summed E-state index contributed by atoms with van der Waals surface area (Å²) in [7, 11) is 1.79. The Morgan fingerprint density at radius 3 is 2.58 bits per heavy atom. The minimum atomic E-state index is 0.205. The van der Waals surface area contributed by atoms with Gasteiger partial charge in [-0.15, -0.1) is 0 Å². The Bertz CT molecular complexity index is 247. The van der Waals surface area contributed by atoms with Crippen molar-refractivity contribution in [2.75, 3.05) is 26.8 Å². The summed E-state index contributed by atoms with van der Waals surface area (Å²) in [6, 6.07) is 0.455. The van der Waals surface area contributed by atoms with Crippen LogP contribution in [0.1, 0.15) is 59.3 Å². The number of hydrogen-bond acceptors (Lipinski definition) is 3. The Hall–Kier alpha value is -0.120. The summed E-state index contributed by atoms with van der Waals surface area (Å²) in [5.41, 5.74) is 6.43. The highest BCUT2D eigenvalue weighted by atomic mass is 16.5. The standard InChI is InChI=1S/C16H34N2O/c1-5-15-8-7-10-16(13-17,11-9-15)18(6-2)14(3)12-19-4/h14-15H,5-13,17H2,1-4H3. The summed E-state index contributed by atoms with van der Waals surface area (Å²) < 4.78 is 5.36. The van der Waals surface area contributed by atoms with Crippen LogP contribution in [0.25, 0.3) is 0 Å². The van der Waals surface area contributed by atoms with Gasteiger partial charge in [-0.2, -0.15) is 0 Å². The van der Waals surface area contributed by atoms with Crippen LogP contribution < -0.4 is 5.73 Å². The van der Waals surface area contributed by atoms with Crippen LogP contribution in [-0.4, -0.2) is 43.3 Å². The van der Waals surface area contributed by atoms with E-state index >= 15 is 0 Å². The Labute approximate surface area is 119 Å². The molecule has 0 aromatic carbocycles. The van der Waals surface area contributed by atoms with Crippen molar-refractivity contribution in [2.45, 2.75) is 70.9 Å². The molecule has 0 aromatic heterocycles. The zero-order valence-corrected chi connectivity index (χ0v) is 13.5. The Kier molecular flexibility index (Phi) is 7.33.